The van der Waals surface area contributed by atoms with Crippen molar-refractivity contribution in [1.82, 2.24) is 10.3 Å². The molecule has 1 N–H and O–H groups in total. The Morgan fingerprint density at radius 1 is 1.17 bits per heavy atom. The molecule has 1 unspecified atom stereocenters. The average molecular weight is 374 g/mol. The number of halogens is 3. The van der Waals surface area contributed by atoms with Crippen LogP contribution in [0.15, 0.2) is 45.6 Å². The summed E-state index contributed by atoms with van der Waals surface area (Å²) >= 11 is 6.73. The lowest BCUT2D eigenvalue weighted by Crippen LogP contribution is -2.19. The molecule has 0 saturated heterocycles. The van der Waals surface area contributed by atoms with Crippen LogP contribution in [0.5, 0.6) is 0 Å². The van der Waals surface area contributed by atoms with Crippen LogP contribution in [-0.4, -0.2) is 12.0 Å². The first kappa shape index (κ1) is 13.6. The standard InChI is InChI=1S/C13H11Br2FN2/c1-17-13(8-4-10(15)7-18-6-8)11-5-9(14)2-3-12(11)16/h2-7,13,17H,1H3. The zero-order valence-electron chi connectivity index (χ0n) is 9.62. The van der Waals surface area contributed by atoms with Gasteiger partial charge in [-0.05, 0) is 52.8 Å². The fourth-order valence-electron chi connectivity index (χ4n) is 1.82. The van der Waals surface area contributed by atoms with Crippen molar-refractivity contribution >= 4 is 31.9 Å². The highest BCUT2D eigenvalue weighted by Crippen LogP contribution is 2.27. The third kappa shape index (κ3) is 2.96. The predicted molar refractivity (Wildman–Crippen MR) is 76.9 cm³/mol. The monoisotopic (exact) mass is 372 g/mol. The summed E-state index contributed by atoms with van der Waals surface area (Å²) < 4.78 is 15.6. The number of nitrogens with one attached hydrogen (secondary N) is 1. The molecule has 0 aliphatic rings. The molecule has 1 heterocycles. The van der Waals surface area contributed by atoms with Crippen molar-refractivity contribution in [2.24, 2.45) is 0 Å². The van der Waals surface area contributed by atoms with Crippen molar-refractivity contribution in [1.29, 1.82) is 0 Å². The number of nitrogens with zero attached hydrogens (tertiary/aromatic N) is 1. The van der Waals surface area contributed by atoms with Gasteiger partial charge in [-0.25, -0.2) is 4.39 Å². The summed E-state index contributed by atoms with van der Waals surface area (Å²) in [5.41, 5.74) is 1.50. The van der Waals surface area contributed by atoms with E-state index in [0.29, 0.717) is 5.56 Å². The number of benzene rings is 1. The zero-order chi connectivity index (χ0) is 13.1. The molecule has 0 amide bonds. The molecule has 94 valence electrons. The van der Waals surface area contributed by atoms with E-state index in [4.69, 9.17) is 0 Å². The van der Waals surface area contributed by atoms with Gasteiger partial charge < -0.3 is 5.32 Å². The van der Waals surface area contributed by atoms with E-state index in [1.807, 2.05) is 6.07 Å². The maximum absolute atomic E-state index is 13.9. The molecule has 18 heavy (non-hydrogen) atoms. The molecule has 0 saturated carbocycles. The molecule has 1 atom stereocenters. The van der Waals surface area contributed by atoms with Crippen molar-refractivity contribution in [2.45, 2.75) is 6.04 Å². The Balaban J connectivity index is 2.48. The number of hydrogen-bond donors (Lipinski definition) is 1. The number of pyridine rings is 1. The van der Waals surface area contributed by atoms with Crippen LogP contribution in [0.3, 0.4) is 0 Å². The third-order valence-corrected chi connectivity index (χ3v) is 3.54. The first-order valence-electron chi connectivity index (χ1n) is 5.34. The largest absolute Gasteiger partial charge is 0.309 e. The molecular weight excluding hydrogens is 363 g/mol. The van der Waals surface area contributed by atoms with Gasteiger partial charge in [0.15, 0.2) is 0 Å². The smallest absolute Gasteiger partial charge is 0.128 e. The molecule has 0 radical (unpaired) electrons. The van der Waals surface area contributed by atoms with E-state index < -0.39 is 0 Å². The molecule has 0 aliphatic carbocycles. The van der Waals surface area contributed by atoms with Crippen molar-refractivity contribution in [3.05, 3.63) is 62.5 Å². The van der Waals surface area contributed by atoms with Crippen LogP contribution < -0.4 is 5.32 Å². The van der Waals surface area contributed by atoms with E-state index in [-0.39, 0.29) is 11.9 Å². The second-order valence-electron chi connectivity index (χ2n) is 3.82. The maximum atomic E-state index is 13.9. The summed E-state index contributed by atoms with van der Waals surface area (Å²) in [7, 11) is 1.80. The molecule has 2 rings (SSSR count). The van der Waals surface area contributed by atoms with Crippen LogP contribution in [0.4, 0.5) is 4.39 Å². The molecule has 0 bridgehead atoms. The number of aromatic nitrogens is 1. The van der Waals surface area contributed by atoms with Gasteiger partial charge in [-0.3, -0.25) is 4.98 Å². The molecule has 1 aromatic carbocycles. The fraction of sp³-hybridized carbons (Fsp3) is 0.154. The highest BCUT2D eigenvalue weighted by Gasteiger charge is 2.17. The summed E-state index contributed by atoms with van der Waals surface area (Å²) in [5, 5.41) is 3.11. The van der Waals surface area contributed by atoms with Crippen molar-refractivity contribution < 1.29 is 4.39 Å². The second kappa shape index (κ2) is 5.91. The summed E-state index contributed by atoms with van der Waals surface area (Å²) in [6.45, 7) is 0. The van der Waals surface area contributed by atoms with E-state index in [1.165, 1.54) is 6.07 Å². The van der Waals surface area contributed by atoms with Crippen LogP contribution in [0, 0.1) is 5.82 Å². The highest BCUT2D eigenvalue weighted by atomic mass is 79.9. The van der Waals surface area contributed by atoms with Gasteiger partial charge in [-0.1, -0.05) is 15.9 Å². The van der Waals surface area contributed by atoms with E-state index in [0.717, 1.165) is 14.5 Å². The number of rotatable bonds is 3. The lowest BCUT2D eigenvalue weighted by molar-refractivity contribution is 0.575. The van der Waals surface area contributed by atoms with Crippen LogP contribution in [0.25, 0.3) is 0 Å². The van der Waals surface area contributed by atoms with E-state index >= 15 is 0 Å². The highest BCUT2D eigenvalue weighted by molar-refractivity contribution is 9.10. The summed E-state index contributed by atoms with van der Waals surface area (Å²) in [4.78, 5) is 4.11. The molecule has 1 aromatic heterocycles. The van der Waals surface area contributed by atoms with Crippen molar-refractivity contribution in [3.8, 4) is 0 Å². The van der Waals surface area contributed by atoms with Gasteiger partial charge in [0.1, 0.15) is 5.82 Å². The molecule has 0 aliphatic heterocycles. The minimum Gasteiger partial charge on any atom is -0.309 e. The summed E-state index contributed by atoms with van der Waals surface area (Å²) in [6.07, 6.45) is 3.43. The minimum atomic E-state index is -0.238. The molecule has 2 nitrogen and oxygen atoms in total. The maximum Gasteiger partial charge on any atom is 0.128 e. The number of hydrogen-bond acceptors (Lipinski definition) is 2. The molecule has 5 heteroatoms. The van der Waals surface area contributed by atoms with Crippen molar-refractivity contribution in [2.75, 3.05) is 7.05 Å². The van der Waals surface area contributed by atoms with Gasteiger partial charge >= 0.3 is 0 Å². The van der Waals surface area contributed by atoms with Crippen molar-refractivity contribution in [3.63, 3.8) is 0 Å². The lowest BCUT2D eigenvalue weighted by atomic mass is 10.00. The fourth-order valence-corrected chi connectivity index (χ4v) is 2.59. The molecular formula is C13H11Br2FN2. The molecule has 0 fully saturated rings. The predicted octanol–water partition coefficient (Wildman–Crippen LogP) is 4.05. The first-order chi connectivity index (χ1) is 8.61. The van der Waals surface area contributed by atoms with Gasteiger partial charge in [0, 0.05) is 26.9 Å². The Hall–Kier alpha value is -0.780. The van der Waals surface area contributed by atoms with Crippen LogP contribution >= 0.6 is 31.9 Å². The minimum absolute atomic E-state index is 0.229. The Morgan fingerprint density at radius 2 is 1.94 bits per heavy atom. The van der Waals surface area contributed by atoms with E-state index in [1.54, 1.807) is 31.6 Å². The Labute approximate surface area is 122 Å². The topological polar surface area (TPSA) is 24.9 Å². The normalized spacial score (nSPS) is 12.4. The van der Waals surface area contributed by atoms with E-state index in [2.05, 4.69) is 42.2 Å². The summed E-state index contributed by atoms with van der Waals surface area (Å²) in [6, 6.07) is 6.61. The third-order valence-electron chi connectivity index (χ3n) is 2.62. The van der Waals surface area contributed by atoms with Gasteiger partial charge in [0.2, 0.25) is 0 Å². The van der Waals surface area contributed by atoms with Gasteiger partial charge in [0.25, 0.3) is 0 Å². The lowest BCUT2D eigenvalue weighted by Gasteiger charge is -2.18. The van der Waals surface area contributed by atoms with Gasteiger partial charge in [0.05, 0.1) is 6.04 Å². The van der Waals surface area contributed by atoms with E-state index in [9.17, 15) is 4.39 Å². The summed E-state index contributed by atoms with van der Waals surface area (Å²) in [5.74, 6) is -0.238. The van der Waals surface area contributed by atoms with Crippen LogP contribution in [0.1, 0.15) is 17.2 Å². The van der Waals surface area contributed by atoms with Gasteiger partial charge in [-0.2, -0.15) is 0 Å². The Kier molecular flexibility index (Phi) is 4.48. The van der Waals surface area contributed by atoms with Crippen LogP contribution in [0.2, 0.25) is 0 Å². The molecule has 2 aromatic rings. The quantitative estimate of drug-likeness (QED) is 0.877. The molecule has 0 spiro atoms. The second-order valence-corrected chi connectivity index (χ2v) is 5.66. The Bertz CT molecular complexity index is 560. The first-order valence-corrected chi connectivity index (χ1v) is 6.93. The Morgan fingerprint density at radius 3 is 2.61 bits per heavy atom. The van der Waals surface area contributed by atoms with Gasteiger partial charge in [-0.15, -0.1) is 0 Å². The average Bonchev–Trinajstić information content (AvgIpc) is 2.35. The SMILES string of the molecule is CNC(c1cncc(Br)c1)c1cc(Br)ccc1F. The zero-order valence-corrected chi connectivity index (χ0v) is 12.8. The van der Waals surface area contributed by atoms with Crippen LogP contribution in [-0.2, 0) is 0 Å².